The second-order valence-electron chi connectivity index (χ2n) is 7.43. The monoisotopic (exact) mass is 433 g/mol. The number of hydrogen-bond donors (Lipinski definition) is 0. The lowest BCUT2D eigenvalue weighted by molar-refractivity contribution is 0.354. The molecular formula is C24H24FN5O2. The van der Waals surface area contributed by atoms with Gasteiger partial charge in [0, 0.05) is 31.9 Å². The third-order valence-corrected chi connectivity index (χ3v) is 5.60. The van der Waals surface area contributed by atoms with Gasteiger partial charge in [-0.25, -0.2) is 9.37 Å². The van der Waals surface area contributed by atoms with Gasteiger partial charge in [0.15, 0.2) is 11.5 Å². The number of hydrogen-bond acceptors (Lipinski definition) is 7. The topological polar surface area (TPSA) is 74.5 Å². The number of halogens is 1. The Kier molecular flexibility index (Phi) is 6.36. The van der Waals surface area contributed by atoms with Crippen LogP contribution in [0.25, 0.3) is 0 Å². The third-order valence-electron chi connectivity index (χ3n) is 5.60. The van der Waals surface area contributed by atoms with E-state index in [4.69, 9.17) is 14.5 Å². The summed E-state index contributed by atoms with van der Waals surface area (Å²) in [6.45, 7) is 3.08. The molecule has 0 N–H and O–H groups in total. The molecule has 1 aromatic heterocycles. The maximum absolute atomic E-state index is 13.2. The molecule has 1 aliphatic rings. The quantitative estimate of drug-likeness (QED) is 0.588. The first kappa shape index (κ1) is 21.4. The molecule has 0 radical (unpaired) electrons. The van der Waals surface area contributed by atoms with E-state index >= 15 is 0 Å². The Morgan fingerprint density at radius 2 is 1.62 bits per heavy atom. The molecule has 2 aromatic carbocycles. The number of nitrogens with zero attached hydrogens (tertiary/aromatic N) is 5. The Bertz CT molecular complexity index is 1110. The first-order valence-corrected chi connectivity index (χ1v) is 10.3. The SMILES string of the molecule is COc1ccc([C@H](C#N)c2cncc(N3CCN(c4ccc(F)cc4)CC3)n2)cc1OC. The van der Waals surface area contributed by atoms with Crippen molar-refractivity contribution in [1.29, 1.82) is 5.26 Å². The zero-order valence-electron chi connectivity index (χ0n) is 18.0. The second kappa shape index (κ2) is 9.52. The minimum Gasteiger partial charge on any atom is -0.493 e. The standard InChI is InChI=1S/C24H24FN5O2/c1-31-22-8-3-17(13-23(22)32-2)20(14-26)21-15-27-16-24(28-21)30-11-9-29(10-12-30)19-6-4-18(25)5-7-19/h3-8,13,15-16,20H,9-12H2,1-2H3/t20-/m0/s1. The lowest BCUT2D eigenvalue weighted by Crippen LogP contribution is -2.47. The fraction of sp³-hybridized carbons (Fsp3) is 0.292. The number of methoxy groups -OCH3 is 2. The first-order valence-electron chi connectivity index (χ1n) is 10.3. The average Bonchev–Trinajstić information content (AvgIpc) is 2.85. The zero-order chi connectivity index (χ0) is 22.5. The van der Waals surface area contributed by atoms with Gasteiger partial charge in [0.2, 0.25) is 0 Å². The fourth-order valence-electron chi connectivity index (χ4n) is 3.85. The minimum absolute atomic E-state index is 0.235. The van der Waals surface area contributed by atoms with Crippen molar-refractivity contribution in [2.45, 2.75) is 5.92 Å². The van der Waals surface area contributed by atoms with Crippen LogP contribution in [0, 0.1) is 17.1 Å². The Labute approximate surface area is 186 Å². The number of rotatable bonds is 6. The number of benzene rings is 2. The van der Waals surface area contributed by atoms with Crippen LogP contribution in [-0.2, 0) is 0 Å². The summed E-state index contributed by atoms with van der Waals surface area (Å²) in [5.74, 6) is 1.09. The summed E-state index contributed by atoms with van der Waals surface area (Å²) in [4.78, 5) is 13.5. The highest BCUT2D eigenvalue weighted by Crippen LogP contribution is 2.33. The van der Waals surface area contributed by atoms with Gasteiger partial charge in [0.1, 0.15) is 17.6 Å². The maximum Gasteiger partial charge on any atom is 0.161 e. The average molecular weight is 433 g/mol. The van der Waals surface area contributed by atoms with Crippen LogP contribution in [0.1, 0.15) is 17.2 Å². The van der Waals surface area contributed by atoms with E-state index in [9.17, 15) is 9.65 Å². The molecule has 1 saturated heterocycles. The smallest absolute Gasteiger partial charge is 0.161 e. The molecule has 0 bridgehead atoms. The third kappa shape index (κ3) is 4.42. The number of anilines is 2. The molecule has 1 aliphatic heterocycles. The van der Waals surface area contributed by atoms with Gasteiger partial charge in [0.25, 0.3) is 0 Å². The summed E-state index contributed by atoms with van der Waals surface area (Å²) in [6.07, 6.45) is 3.35. The van der Waals surface area contributed by atoms with E-state index in [1.807, 2.05) is 6.07 Å². The predicted molar refractivity (Wildman–Crippen MR) is 120 cm³/mol. The van der Waals surface area contributed by atoms with Gasteiger partial charge >= 0.3 is 0 Å². The number of aromatic nitrogens is 2. The molecule has 164 valence electrons. The van der Waals surface area contributed by atoms with Crippen molar-refractivity contribution in [2.75, 3.05) is 50.2 Å². The van der Waals surface area contributed by atoms with Crippen LogP contribution in [0.4, 0.5) is 15.9 Å². The maximum atomic E-state index is 13.2. The molecule has 2 heterocycles. The summed E-state index contributed by atoms with van der Waals surface area (Å²) >= 11 is 0. The van der Waals surface area contributed by atoms with Crippen molar-refractivity contribution in [3.8, 4) is 17.6 Å². The Hall–Kier alpha value is -3.86. The van der Waals surface area contributed by atoms with E-state index in [-0.39, 0.29) is 5.82 Å². The van der Waals surface area contributed by atoms with Crippen molar-refractivity contribution >= 4 is 11.5 Å². The first-order chi connectivity index (χ1) is 15.6. The summed E-state index contributed by atoms with van der Waals surface area (Å²) in [5.41, 5.74) is 2.35. The molecule has 32 heavy (non-hydrogen) atoms. The number of nitriles is 1. The Morgan fingerprint density at radius 1 is 0.938 bits per heavy atom. The molecule has 0 spiro atoms. The van der Waals surface area contributed by atoms with E-state index in [0.717, 1.165) is 43.2 Å². The van der Waals surface area contributed by atoms with Crippen LogP contribution < -0.4 is 19.3 Å². The van der Waals surface area contributed by atoms with Crippen LogP contribution in [0.3, 0.4) is 0 Å². The summed E-state index contributed by atoms with van der Waals surface area (Å²) < 4.78 is 23.9. The summed E-state index contributed by atoms with van der Waals surface area (Å²) in [6, 6.07) is 14.3. The molecule has 3 aromatic rings. The van der Waals surface area contributed by atoms with E-state index in [2.05, 4.69) is 20.9 Å². The summed E-state index contributed by atoms with van der Waals surface area (Å²) in [7, 11) is 3.14. The molecule has 8 heteroatoms. The molecular weight excluding hydrogens is 409 g/mol. The lowest BCUT2D eigenvalue weighted by atomic mass is 9.97. The highest BCUT2D eigenvalue weighted by Gasteiger charge is 2.22. The van der Waals surface area contributed by atoms with Gasteiger partial charge < -0.3 is 19.3 Å². The fourth-order valence-corrected chi connectivity index (χ4v) is 3.85. The predicted octanol–water partition coefficient (Wildman–Crippen LogP) is 3.61. The van der Waals surface area contributed by atoms with Crippen LogP contribution in [0.5, 0.6) is 11.5 Å². The van der Waals surface area contributed by atoms with E-state index in [0.29, 0.717) is 17.2 Å². The van der Waals surface area contributed by atoms with Gasteiger partial charge in [-0.1, -0.05) is 6.07 Å². The number of piperazine rings is 1. The van der Waals surface area contributed by atoms with Gasteiger partial charge in [-0.3, -0.25) is 4.98 Å². The van der Waals surface area contributed by atoms with E-state index in [1.54, 1.807) is 50.9 Å². The lowest BCUT2D eigenvalue weighted by Gasteiger charge is -2.36. The van der Waals surface area contributed by atoms with Crippen molar-refractivity contribution in [2.24, 2.45) is 0 Å². The molecule has 0 amide bonds. The van der Waals surface area contributed by atoms with E-state index < -0.39 is 5.92 Å². The van der Waals surface area contributed by atoms with Gasteiger partial charge in [-0.2, -0.15) is 5.26 Å². The molecule has 0 unspecified atom stereocenters. The zero-order valence-corrected chi connectivity index (χ0v) is 18.0. The Morgan fingerprint density at radius 3 is 2.28 bits per heavy atom. The van der Waals surface area contributed by atoms with Crippen LogP contribution >= 0.6 is 0 Å². The molecule has 1 atom stereocenters. The summed E-state index contributed by atoms with van der Waals surface area (Å²) in [5, 5.41) is 9.87. The molecule has 0 aliphatic carbocycles. The molecule has 7 nitrogen and oxygen atoms in total. The van der Waals surface area contributed by atoms with Crippen molar-refractivity contribution in [1.82, 2.24) is 9.97 Å². The van der Waals surface area contributed by atoms with E-state index in [1.165, 1.54) is 12.1 Å². The Balaban J connectivity index is 1.51. The van der Waals surface area contributed by atoms with Gasteiger partial charge in [-0.15, -0.1) is 0 Å². The van der Waals surface area contributed by atoms with Crippen LogP contribution in [-0.4, -0.2) is 50.4 Å². The normalized spacial score (nSPS) is 14.6. The molecule has 1 fully saturated rings. The molecule has 0 saturated carbocycles. The van der Waals surface area contributed by atoms with Crippen molar-refractivity contribution in [3.05, 3.63) is 71.9 Å². The van der Waals surface area contributed by atoms with Gasteiger partial charge in [0.05, 0.1) is 38.4 Å². The van der Waals surface area contributed by atoms with Crippen LogP contribution in [0.15, 0.2) is 54.9 Å². The van der Waals surface area contributed by atoms with Crippen LogP contribution in [0.2, 0.25) is 0 Å². The highest BCUT2D eigenvalue weighted by molar-refractivity contribution is 5.50. The van der Waals surface area contributed by atoms with Gasteiger partial charge in [-0.05, 0) is 42.0 Å². The molecule has 4 rings (SSSR count). The largest absolute Gasteiger partial charge is 0.493 e. The number of ether oxygens (including phenoxy) is 2. The minimum atomic E-state index is -0.581. The van der Waals surface area contributed by atoms with Crippen molar-refractivity contribution < 1.29 is 13.9 Å². The van der Waals surface area contributed by atoms with Crippen molar-refractivity contribution in [3.63, 3.8) is 0 Å². The second-order valence-corrected chi connectivity index (χ2v) is 7.43. The highest BCUT2D eigenvalue weighted by atomic mass is 19.1.